The number of aliphatic carboxylic acids is 1. The molecule has 2 aliphatic rings. The van der Waals surface area contributed by atoms with Gasteiger partial charge in [-0.25, -0.2) is 4.98 Å². The van der Waals surface area contributed by atoms with Crippen molar-refractivity contribution in [1.29, 1.82) is 0 Å². The Labute approximate surface area is 208 Å². The molecule has 1 aromatic carbocycles. The fraction of sp³-hybridized carbons (Fsp3) is 0.385. The number of aryl methyl sites for hydroxylation is 2. The summed E-state index contributed by atoms with van der Waals surface area (Å²) in [6, 6.07) is 13.6. The number of hydrogen-bond donors (Lipinski definition) is 2. The Morgan fingerprint density at radius 1 is 1.08 bits per heavy atom. The van der Waals surface area contributed by atoms with Crippen molar-refractivity contribution in [2.24, 2.45) is 5.92 Å². The largest absolute Gasteiger partial charge is 0.488 e. The van der Waals surface area contributed by atoms with Gasteiger partial charge in [-0.3, -0.25) is 4.79 Å². The van der Waals surface area contributed by atoms with Gasteiger partial charge in [-0.15, -0.1) is 0 Å². The van der Waals surface area contributed by atoms with Crippen molar-refractivity contribution in [3.63, 3.8) is 0 Å². The molecule has 0 aliphatic carbocycles. The van der Waals surface area contributed by atoms with Gasteiger partial charge in [0.15, 0.2) is 17.4 Å². The van der Waals surface area contributed by atoms with Crippen molar-refractivity contribution >= 4 is 11.8 Å². The zero-order valence-corrected chi connectivity index (χ0v) is 19.8. The van der Waals surface area contributed by atoms with Crippen LogP contribution in [0.5, 0.6) is 5.75 Å². The Morgan fingerprint density at radius 3 is 2.78 bits per heavy atom. The molecule has 10 nitrogen and oxygen atoms in total. The Morgan fingerprint density at radius 2 is 1.97 bits per heavy atom. The molecule has 2 unspecified atom stereocenters. The van der Waals surface area contributed by atoms with Crippen LogP contribution in [0.4, 0.5) is 5.82 Å². The van der Waals surface area contributed by atoms with Crippen molar-refractivity contribution < 1.29 is 28.6 Å². The first-order valence-electron chi connectivity index (χ1n) is 12.0. The van der Waals surface area contributed by atoms with Gasteiger partial charge in [0.25, 0.3) is 0 Å². The number of ether oxygens (including phenoxy) is 3. The van der Waals surface area contributed by atoms with Crippen LogP contribution >= 0.6 is 0 Å². The van der Waals surface area contributed by atoms with E-state index in [0.29, 0.717) is 36.9 Å². The summed E-state index contributed by atoms with van der Waals surface area (Å²) in [7, 11) is 0. The number of nitrogens with one attached hydrogen (secondary N) is 1. The fourth-order valence-corrected chi connectivity index (χ4v) is 4.54. The zero-order valence-electron chi connectivity index (χ0n) is 19.8. The molecule has 0 amide bonds. The molecule has 2 N–H and O–H groups in total. The van der Waals surface area contributed by atoms with E-state index in [2.05, 4.69) is 20.4 Å². The van der Waals surface area contributed by atoms with Gasteiger partial charge in [0.05, 0.1) is 6.54 Å². The summed E-state index contributed by atoms with van der Waals surface area (Å²) >= 11 is 0. The molecule has 3 aromatic rings. The van der Waals surface area contributed by atoms with Crippen LogP contribution in [0.3, 0.4) is 0 Å². The first-order valence-corrected chi connectivity index (χ1v) is 12.0. The van der Waals surface area contributed by atoms with Crippen LogP contribution < -0.4 is 10.1 Å². The number of benzene rings is 1. The lowest BCUT2D eigenvalue weighted by molar-refractivity contribution is -0.138. The number of rotatable bonds is 11. The normalized spacial score (nSPS) is 15.9. The second-order valence-corrected chi connectivity index (χ2v) is 8.80. The minimum Gasteiger partial charge on any atom is -0.488 e. The van der Waals surface area contributed by atoms with Crippen molar-refractivity contribution in [1.82, 2.24) is 15.1 Å². The highest BCUT2D eigenvalue weighted by molar-refractivity contribution is 5.67. The van der Waals surface area contributed by atoms with Gasteiger partial charge in [0, 0.05) is 18.5 Å². The molecule has 0 fully saturated rings. The average Bonchev–Trinajstić information content (AvgIpc) is 3.58. The second kappa shape index (κ2) is 11.1. The van der Waals surface area contributed by atoms with Crippen LogP contribution in [-0.2, 0) is 33.5 Å². The third kappa shape index (κ3) is 5.76. The van der Waals surface area contributed by atoms with Gasteiger partial charge in [-0.2, -0.15) is 4.98 Å². The number of aromatic nitrogens is 3. The second-order valence-electron chi connectivity index (χ2n) is 8.80. The number of allylic oxidation sites excluding steroid dienone is 1. The highest BCUT2D eigenvalue weighted by Crippen LogP contribution is 2.37. The smallest absolute Gasteiger partial charge is 0.303 e. The Kier molecular flexibility index (Phi) is 7.30. The van der Waals surface area contributed by atoms with Crippen LogP contribution in [0.25, 0.3) is 0 Å². The molecule has 0 saturated carbocycles. The summed E-state index contributed by atoms with van der Waals surface area (Å²) in [6.07, 6.45) is 4.06. The molecule has 0 saturated heterocycles. The van der Waals surface area contributed by atoms with Gasteiger partial charge in [-0.05, 0) is 42.9 Å². The maximum absolute atomic E-state index is 11.7. The summed E-state index contributed by atoms with van der Waals surface area (Å²) in [5, 5.41) is 17.0. The van der Waals surface area contributed by atoms with Crippen LogP contribution in [0, 0.1) is 5.92 Å². The summed E-state index contributed by atoms with van der Waals surface area (Å²) in [6.45, 7) is 1.46. The van der Waals surface area contributed by atoms with Crippen molar-refractivity contribution in [3.05, 3.63) is 77.5 Å². The highest BCUT2D eigenvalue weighted by atomic mass is 16.7. The number of carboxylic acids is 1. The molecular formula is C26H28N4O6. The van der Waals surface area contributed by atoms with Gasteiger partial charge in [0.2, 0.25) is 12.7 Å². The Bertz CT molecular complexity index is 1210. The van der Waals surface area contributed by atoms with Crippen molar-refractivity contribution in [2.75, 3.05) is 25.3 Å². The summed E-state index contributed by atoms with van der Waals surface area (Å²) in [5.41, 5.74) is 1.98. The third-order valence-electron chi connectivity index (χ3n) is 6.20. The van der Waals surface area contributed by atoms with Gasteiger partial charge in [0.1, 0.15) is 24.5 Å². The summed E-state index contributed by atoms with van der Waals surface area (Å²) < 4.78 is 22.2. The number of nitrogens with zero attached hydrogens (tertiary/aromatic N) is 3. The first kappa shape index (κ1) is 23.7. The van der Waals surface area contributed by atoms with E-state index in [-0.39, 0.29) is 19.1 Å². The highest BCUT2D eigenvalue weighted by Gasteiger charge is 2.36. The van der Waals surface area contributed by atoms with Crippen LogP contribution in [0.2, 0.25) is 0 Å². The predicted molar refractivity (Wildman–Crippen MR) is 128 cm³/mol. The Hall–Kier alpha value is -4.08. The molecule has 2 aromatic heterocycles. The zero-order chi connectivity index (χ0) is 24.7. The van der Waals surface area contributed by atoms with Crippen LogP contribution in [0.1, 0.15) is 41.7 Å². The number of pyridine rings is 1. The minimum absolute atomic E-state index is 0.0750. The topological polar surface area (TPSA) is 129 Å². The lowest BCUT2D eigenvalue weighted by Gasteiger charge is -2.23. The Balaban J connectivity index is 1.29. The fourth-order valence-electron chi connectivity index (χ4n) is 4.54. The van der Waals surface area contributed by atoms with E-state index >= 15 is 0 Å². The quantitative estimate of drug-likeness (QED) is 0.409. The van der Waals surface area contributed by atoms with E-state index in [1.54, 1.807) is 0 Å². The number of hydrogen-bond acceptors (Lipinski definition) is 9. The van der Waals surface area contributed by atoms with Gasteiger partial charge < -0.3 is 29.2 Å². The molecule has 0 spiro atoms. The van der Waals surface area contributed by atoms with E-state index in [1.165, 1.54) is 6.26 Å². The molecule has 10 heteroatoms. The third-order valence-corrected chi connectivity index (χ3v) is 6.20. The van der Waals surface area contributed by atoms with Gasteiger partial charge >= 0.3 is 5.97 Å². The lowest BCUT2D eigenvalue weighted by atomic mass is 9.83. The molecule has 2 atom stereocenters. The average molecular weight is 493 g/mol. The molecular weight excluding hydrogens is 464 g/mol. The van der Waals surface area contributed by atoms with E-state index in [1.807, 2.05) is 42.5 Å². The van der Waals surface area contributed by atoms with E-state index in [4.69, 9.17) is 18.7 Å². The lowest BCUT2D eigenvalue weighted by Crippen LogP contribution is -2.22. The molecule has 5 rings (SSSR count). The standard InChI is InChI=1S/C26H28N4O6/c31-23(32)14-18(13-17-5-2-1-3-6-17)24(21-15-33-16-35-21)26-29-22(30-36-26)8-4-7-19-9-10-20-25(28-19)27-11-12-34-20/h1-3,5-6,9-10,15,18,24H,4,7-8,11-14,16H2,(H,27,28)(H,31,32). The number of fused-ring (bicyclic) bond motifs is 1. The maximum Gasteiger partial charge on any atom is 0.303 e. The first-order chi connectivity index (χ1) is 17.7. The van der Waals surface area contributed by atoms with Crippen LogP contribution in [-0.4, -0.2) is 46.1 Å². The summed E-state index contributed by atoms with van der Waals surface area (Å²) in [5.74, 6) is 1.15. The van der Waals surface area contributed by atoms with E-state index in [0.717, 1.165) is 42.2 Å². The van der Waals surface area contributed by atoms with E-state index in [9.17, 15) is 9.90 Å². The molecule has 36 heavy (non-hydrogen) atoms. The van der Waals surface area contributed by atoms with Crippen molar-refractivity contribution in [3.8, 4) is 5.75 Å². The van der Waals surface area contributed by atoms with Gasteiger partial charge in [-0.1, -0.05) is 35.5 Å². The minimum atomic E-state index is -0.905. The predicted octanol–water partition coefficient (Wildman–Crippen LogP) is 3.71. The number of carboxylic acid groups (broad SMARTS) is 1. The molecule has 188 valence electrons. The summed E-state index contributed by atoms with van der Waals surface area (Å²) in [4.78, 5) is 21.0. The van der Waals surface area contributed by atoms with Crippen LogP contribution in [0.15, 0.2) is 59.0 Å². The number of carbonyl (C=O) groups is 1. The molecule has 2 aliphatic heterocycles. The SMILES string of the molecule is O=C(O)CC(Cc1ccccc1)C(C1=COCO1)c1nc(CCCc2ccc3c(n2)NCCO3)no1. The number of anilines is 1. The molecule has 4 heterocycles. The maximum atomic E-state index is 11.7. The van der Waals surface area contributed by atoms with E-state index < -0.39 is 11.9 Å². The molecule has 0 radical (unpaired) electrons. The molecule has 0 bridgehead atoms. The van der Waals surface area contributed by atoms with Crippen molar-refractivity contribution in [2.45, 2.75) is 38.0 Å². The monoisotopic (exact) mass is 492 g/mol.